The average molecular weight is 410 g/mol. The number of hydrogen-bond acceptors (Lipinski definition) is 2. The minimum Gasteiger partial charge on any atom is -0.370 e. The molecule has 2 rings (SSSR count). The van der Waals surface area contributed by atoms with E-state index < -0.39 is 0 Å². The fraction of sp³-hybridized carbons (Fsp3) is 0.294. The summed E-state index contributed by atoms with van der Waals surface area (Å²) in [5, 5.41) is 3.09. The number of aryl methyl sites for hydroxylation is 2. The predicted molar refractivity (Wildman–Crippen MR) is 104 cm³/mol. The molecule has 1 aromatic carbocycles. The number of guanidine groups is 1. The van der Waals surface area contributed by atoms with Crippen LogP contribution in [0.25, 0.3) is 0 Å². The van der Waals surface area contributed by atoms with Gasteiger partial charge in [-0.3, -0.25) is 4.98 Å². The fourth-order valence-corrected chi connectivity index (χ4v) is 2.01. The predicted octanol–water partition coefficient (Wildman–Crippen LogP) is 3.75. The molecule has 3 N–H and O–H groups in total. The van der Waals surface area contributed by atoms with E-state index in [4.69, 9.17) is 5.73 Å². The van der Waals surface area contributed by atoms with E-state index in [-0.39, 0.29) is 24.0 Å². The van der Waals surface area contributed by atoms with E-state index >= 15 is 0 Å². The van der Waals surface area contributed by atoms with Gasteiger partial charge in [0, 0.05) is 11.9 Å². The van der Waals surface area contributed by atoms with Gasteiger partial charge in [-0.05, 0) is 48.2 Å². The number of benzene rings is 1. The molecular weight excluding hydrogens is 387 g/mol. The Morgan fingerprint density at radius 1 is 1.09 bits per heavy atom. The number of aliphatic imine (C=N–C) groups is 1. The first kappa shape index (κ1) is 18.4. The molecule has 1 heterocycles. The average Bonchev–Trinajstić information content (AvgIpc) is 2.54. The number of anilines is 1. The first-order valence-electron chi connectivity index (χ1n) is 7.31. The number of halogens is 1. The van der Waals surface area contributed by atoms with Crippen LogP contribution in [-0.2, 0) is 19.4 Å². The van der Waals surface area contributed by atoms with Gasteiger partial charge in [0.1, 0.15) is 0 Å². The van der Waals surface area contributed by atoms with Crippen LogP contribution in [-0.4, -0.2) is 10.9 Å². The lowest BCUT2D eigenvalue weighted by Crippen LogP contribution is -2.22. The normalized spacial score (nSPS) is 10.9. The van der Waals surface area contributed by atoms with Crippen LogP contribution in [0.4, 0.5) is 5.69 Å². The molecule has 5 heteroatoms. The Bertz CT molecular complexity index is 608. The molecule has 0 fully saturated rings. The highest BCUT2D eigenvalue weighted by molar-refractivity contribution is 14.0. The minimum absolute atomic E-state index is 0. The summed E-state index contributed by atoms with van der Waals surface area (Å²) in [6.07, 6.45) is 3.84. The van der Waals surface area contributed by atoms with E-state index in [1.54, 1.807) is 0 Å². The highest BCUT2D eigenvalue weighted by atomic mass is 127. The monoisotopic (exact) mass is 410 g/mol. The van der Waals surface area contributed by atoms with Gasteiger partial charge < -0.3 is 11.1 Å². The number of hydrogen-bond donors (Lipinski definition) is 2. The van der Waals surface area contributed by atoms with Gasteiger partial charge in [-0.25, -0.2) is 4.99 Å². The molecule has 0 aliphatic heterocycles. The lowest BCUT2D eigenvalue weighted by Gasteiger charge is -2.06. The molecule has 0 atom stereocenters. The molecule has 118 valence electrons. The Morgan fingerprint density at radius 2 is 1.77 bits per heavy atom. The standard InChI is InChI=1S/C17H22N4.HI/c1-3-13-5-7-15(8-6-13)21-17(18)20-12-16-11-14(4-2)9-10-19-16;/h5-11H,3-4,12H2,1-2H3,(H3,18,20,21);1H. The van der Waals surface area contributed by atoms with E-state index in [2.05, 4.69) is 47.3 Å². The molecular formula is C17H23IN4. The van der Waals surface area contributed by atoms with Crippen LogP contribution in [0.5, 0.6) is 0 Å². The summed E-state index contributed by atoms with van der Waals surface area (Å²) >= 11 is 0. The Balaban J connectivity index is 0.00000242. The van der Waals surface area contributed by atoms with Gasteiger partial charge in [0.2, 0.25) is 0 Å². The molecule has 4 nitrogen and oxygen atoms in total. The second-order valence-corrected chi connectivity index (χ2v) is 4.89. The second kappa shape index (κ2) is 9.40. The largest absolute Gasteiger partial charge is 0.370 e. The van der Waals surface area contributed by atoms with Crippen LogP contribution in [0.2, 0.25) is 0 Å². The summed E-state index contributed by atoms with van der Waals surface area (Å²) in [5.74, 6) is 0.406. The smallest absolute Gasteiger partial charge is 0.193 e. The summed E-state index contributed by atoms with van der Waals surface area (Å²) in [6, 6.07) is 12.3. The molecule has 0 spiro atoms. The molecule has 2 aromatic rings. The molecule has 0 amide bonds. The Hall–Kier alpha value is -1.63. The Kier molecular flexibility index (Phi) is 7.87. The van der Waals surface area contributed by atoms with Gasteiger partial charge >= 0.3 is 0 Å². The third-order valence-corrected chi connectivity index (χ3v) is 3.34. The van der Waals surface area contributed by atoms with Crippen molar-refractivity contribution >= 4 is 35.6 Å². The molecule has 0 saturated carbocycles. The van der Waals surface area contributed by atoms with E-state index in [1.165, 1.54) is 11.1 Å². The van der Waals surface area contributed by atoms with Crippen LogP contribution in [0.1, 0.15) is 30.7 Å². The number of nitrogens with one attached hydrogen (secondary N) is 1. The number of aromatic nitrogens is 1. The van der Waals surface area contributed by atoms with Crippen LogP contribution >= 0.6 is 24.0 Å². The molecule has 0 bridgehead atoms. The van der Waals surface area contributed by atoms with Crippen LogP contribution in [0.15, 0.2) is 47.6 Å². The molecule has 0 unspecified atom stereocenters. The SMILES string of the molecule is CCc1ccc(NC(N)=NCc2cc(CC)ccn2)cc1.I. The molecule has 1 aromatic heterocycles. The van der Waals surface area contributed by atoms with Gasteiger partial charge in [-0.15, -0.1) is 24.0 Å². The zero-order chi connectivity index (χ0) is 15.1. The topological polar surface area (TPSA) is 63.3 Å². The van der Waals surface area contributed by atoms with Crippen molar-refractivity contribution < 1.29 is 0 Å². The summed E-state index contributed by atoms with van der Waals surface area (Å²) in [5.41, 5.74) is 10.3. The summed E-state index contributed by atoms with van der Waals surface area (Å²) in [4.78, 5) is 8.63. The first-order valence-corrected chi connectivity index (χ1v) is 7.31. The number of nitrogens with zero attached hydrogens (tertiary/aromatic N) is 2. The molecule has 0 radical (unpaired) electrons. The summed E-state index contributed by atoms with van der Waals surface area (Å²) in [7, 11) is 0. The third kappa shape index (κ3) is 5.63. The van der Waals surface area contributed by atoms with Gasteiger partial charge in [0.15, 0.2) is 5.96 Å². The van der Waals surface area contributed by atoms with Gasteiger partial charge in [0.25, 0.3) is 0 Å². The van der Waals surface area contributed by atoms with Crippen LogP contribution in [0, 0.1) is 0 Å². The van der Waals surface area contributed by atoms with Crippen molar-refractivity contribution in [3.05, 3.63) is 59.4 Å². The van der Waals surface area contributed by atoms with Crippen molar-refractivity contribution in [1.29, 1.82) is 0 Å². The van der Waals surface area contributed by atoms with E-state index in [0.29, 0.717) is 12.5 Å². The van der Waals surface area contributed by atoms with Crippen molar-refractivity contribution in [3.8, 4) is 0 Å². The maximum absolute atomic E-state index is 5.91. The number of rotatable bonds is 5. The highest BCUT2D eigenvalue weighted by Gasteiger charge is 1.98. The van der Waals surface area contributed by atoms with E-state index in [1.807, 2.05) is 24.4 Å². The number of pyridine rings is 1. The lowest BCUT2D eigenvalue weighted by molar-refractivity contribution is 0.967. The van der Waals surface area contributed by atoms with Crippen molar-refractivity contribution in [2.75, 3.05) is 5.32 Å². The Labute approximate surface area is 149 Å². The zero-order valence-corrected chi connectivity index (χ0v) is 15.4. The quantitative estimate of drug-likeness (QED) is 0.448. The Morgan fingerprint density at radius 3 is 2.41 bits per heavy atom. The van der Waals surface area contributed by atoms with Gasteiger partial charge in [-0.2, -0.15) is 0 Å². The summed E-state index contributed by atoms with van der Waals surface area (Å²) < 4.78 is 0. The van der Waals surface area contributed by atoms with Gasteiger partial charge in [-0.1, -0.05) is 26.0 Å². The number of nitrogens with two attached hydrogens (primary N) is 1. The maximum atomic E-state index is 5.91. The molecule has 22 heavy (non-hydrogen) atoms. The van der Waals surface area contributed by atoms with Crippen molar-refractivity contribution in [1.82, 2.24) is 4.98 Å². The minimum atomic E-state index is 0. The second-order valence-electron chi connectivity index (χ2n) is 4.89. The third-order valence-electron chi connectivity index (χ3n) is 3.34. The molecule has 0 aliphatic rings. The zero-order valence-electron chi connectivity index (χ0n) is 13.0. The van der Waals surface area contributed by atoms with Crippen LogP contribution < -0.4 is 11.1 Å². The maximum Gasteiger partial charge on any atom is 0.193 e. The van der Waals surface area contributed by atoms with Crippen molar-refractivity contribution in [2.24, 2.45) is 10.7 Å². The van der Waals surface area contributed by atoms with Gasteiger partial charge in [0.05, 0.1) is 12.2 Å². The lowest BCUT2D eigenvalue weighted by atomic mass is 10.1. The molecule has 0 aliphatic carbocycles. The van der Waals surface area contributed by atoms with Crippen molar-refractivity contribution in [3.63, 3.8) is 0 Å². The molecule has 0 saturated heterocycles. The van der Waals surface area contributed by atoms with E-state index in [0.717, 1.165) is 24.2 Å². The van der Waals surface area contributed by atoms with Crippen LogP contribution in [0.3, 0.4) is 0 Å². The summed E-state index contributed by atoms with van der Waals surface area (Å²) in [6.45, 7) is 4.74. The fourth-order valence-electron chi connectivity index (χ4n) is 2.01. The van der Waals surface area contributed by atoms with Crippen molar-refractivity contribution in [2.45, 2.75) is 33.2 Å². The van der Waals surface area contributed by atoms with E-state index in [9.17, 15) is 0 Å². The first-order chi connectivity index (χ1) is 10.2. The highest BCUT2D eigenvalue weighted by Crippen LogP contribution is 2.10.